The van der Waals surface area contributed by atoms with E-state index in [1.807, 2.05) is 0 Å². The van der Waals surface area contributed by atoms with E-state index in [9.17, 15) is 13.2 Å². The van der Waals surface area contributed by atoms with Crippen LogP contribution in [0.25, 0.3) is 0 Å². The molecular weight excluding hydrogens is 370 g/mol. The van der Waals surface area contributed by atoms with Crippen molar-refractivity contribution in [3.05, 3.63) is 24.3 Å². The Morgan fingerprint density at radius 1 is 1.30 bits per heavy atom. The van der Waals surface area contributed by atoms with Gasteiger partial charge in [0.15, 0.2) is 0 Å². The van der Waals surface area contributed by atoms with Crippen LogP contribution < -0.4 is 10.6 Å². The number of ether oxygens (including phenoxy) is 2. The SMILES string of the molecule is C[C@@H](NC[C@H]1CCCO1)C(=O)Nc1cccc(S(=O)(=O)N2CCOCC2)c1. The Labute approximate surface area is 160 Å². The molecule has 2 saturated heterocycles. The largest absolute Gasteiger partial charge is 0.379 e. The van der Waals surface area contributed by atoms with Crippen molar-refractivity contribution in [3.63, 3.8) is 0 Å². The number of hydrogen-bond acceptors (Lipinski definition) is 6. The third kappa shape index (κ3) is 5.26. The number of sulfonamides is 1. The fourth-order valence-electron chi connectivity index (χ4n) is 3.13. The number of nitrogens with one attached hydrogen (secondary N) is 2. The maximum Gasteiger partial charge on any atom is 0.243 e. The summed E-state index contributed by atoms with van der Waals surface area (Å²) in [4.78, 5) is 12.6. The molecule has 0 aliphatic carbocycles. The van der Waals surface area contributed by atoms with Gasteiger partial charge in [-0.15, -0.1) is 0 Å². The third-order valence-electron chi connectivity index (χ3n) is 4.78. The van der Waals surface area contributed by atoms with E-state index in [0.29, 0.717) is 38.5 Å². The molecule has 2 aliphatic heterocycles. The molecular formula is C18H27N3O5S. The van der Waals surface area contributed by atoms with Crippen LogP contribution in [0.5, 0.6) is 0 Å². The van der Waals surface area contributed by atoms with Gasteiger partial charge < -0.3 is 20.1 Å². The predicted molar refractivity (Wildman–Crippen MR) is 101 cm³/mol. The number of morpholine rings is 1. The van der Waals surface area contributed by atoms with Gasteiger partial charge in [-0.25, -0.2) is 8.42 Å². The van der Waals surface area contributed by atoms with Gasteiger partial charge in [-0.1, -0.05) is 6.07 Å². The lowest BCUT2D eigenvalue weighted by atomic mass is 10.2. The number of carbonyl (C=O) groups excluding carboxylic acids is 1. The molecule has 2 fully saturated rings. The Balaban J connectivity index is 1.60. The van der Waals surface area contributed by atoms with Crippen LogP contribution in [0.4, 0.5) is 5.69 Å². The van der Waals surface area contributed by atoms with Crippen molar-refractivity contribution in [1.82, 2.24) is 9.62 Å². The number of anilines is 1. The molecule has 0 unspecified atom stereocenters. The Bertz CT molecular complexity index is 743. The lowest BCUT2D eigenvalue weighted by molar-refractivity contribution is -0.117. The first-order valence-electron chi connectivity index (χ1n) is 9.30. The zero-order valence-corrected chi connectivity index (χ0v) is 16.3. The molecule has 27 heavy (non-hydrogen) atoms. The molecule has 1 aromatic carbocycles. The van der Waals surface area contributed by atoms with Crippen LogP contribution in [-0.2, 0) is 24.3 Å². The molecule has 2 aliphatic rings. The summed E-state index contributed by atoms with van der Waals surface area (Å²) < 4.78 is 37.6. The second-order valence-corrected chi connectivity index (χ2v) is 8.74. The van der Waals surface area contributed by atoms with Crippen molar-refractivity contribution < 1.29 is 22.7 Å². The molecule has 3 rings (SSSR count). The Kier molecular flexibility index (Phi) is 6.83. The first kappa shape index (κ1) is 20.2. The highest BCUT2D eigenvalue weighted by Gasteiger charge is 2.26. The molecule has 8 nitrogen and oxygen atoms in total. The van der Waals surface area contributed by atoms with E-state index in [1.54, 1.807) is 25.1 Å². The fourth-order valence-corrected chi connectivity index (χ4v) is 4.58. The quantitative estimate of drug-likeness (QED) is 0.707. The van der Waals surface area contributed by atoms with Gasteiger partial charge in [-0.3, -0.25) is 4.79 Å². The Hall–Kier alpha value is -1.52. The van der Waals surface area contributed by atoms with Crippen LogP contribution in [0.3, 0.4) is 0 Å². The molecule has 0 saturated carbocycles. The molecule has 2 N–H and O–H groups in total. The maximum absolute atomic E-state index is 12.7. The van der Waals surface area contributed by atoms with Gasteiger partial charge in [0.05, 0.1) is 30.3 Å². The molecule has 0 aromatic heterocycles. The third-order valence-corrected chi connectivity index (χ3v) is 6.67. The van der Waals surface area contributed by atoms with Crippen LogP contribution in [0.1, 0.15) is 19.8 Å². The van der Waals surface area contributed by atoms with Gasteiger partial charge in [0, 0.05) is 31.9 Å². The summed E-state index contributed by atoms with van der Waals surface area (Å²) in [6.07, 6.45) is 2.21. The molecule has 2 heterocycles. The number of benzene rings is 1. The van der Waals surface area contributed by atoms with E-state index in [2.05, 4.69) is 10.6 Å². The first-order valence-corrected chi connectivity index (χ1v) is 10.7. The van der Waals surface area contributed by atoms with Gasteiger partial charge in [0.1, 0.15) is 0 Å². The van der Waals surface area contributed by atoms with Gasteiger partial charge in [-0.2, -0.15) is 4.31 Å². The van der Waals surface area contributed by atoms with E-state index in [1.165, 1.54) is 10.4 Å². The minimum atomic E-state index is -3.59. The summed E-state index contributed by atoms with van der Waals surface area (Å²) in [5, 5.41) is 5.95. The minimum absolute atomic E-state index is 0.155. The van der Waals surface area contributed by atoms with Crippen molar-refractivity contribution in [1.29, 1.82) is 0 Å². The lowest BCUT2D eigenvalue weighted by Crippen LogP contribution is -2.41. The Morgan fingerprint density at radius 2 is 2.07 bits per heavy atom. The van der Waals surface area contributed by atoms with Crippen LogP contribution in [0, 0.1) is 0 Å². The zero-order chi connectivity index (χ0) is 19.3. The van der Waals surface area contributed by atoms with E-state index >= 15 is 0 Å². The monoisotopic (exact) mass is 397 g/mol. The molecule has 0 radical (unpaired) electrons. The average molecular weight is 397 g/mol. The lowest BCUT2D eigenvalue weighted by Gasteiger charge is -2.26. The number of rotatable bonds is 7. The summed E-state index contributed by atoms with van der Waals surface area (Å²) in [6.45, 7) is 4.63. The van der Waals surface area contributed by atoms with E-state index in [-0.39, 0.29) is 16.9 Å². The van der Waals surface area contributed by atoms with Crippen LogP contribution in [0.15, 0.2) is 29.2 Å². The summed E-state index contributed by atoms with van der Waals surface area (Å²) in [5.74, 6) is -0.214. The normalized spacial score (nSPS) is 22.5. The standard InChI is InChI=1S/C18H27N3O5S/c1-14(19-13-16-5-3-9-26-16)18(22)20-15-4-2-6-17(12-15)27(23,24)21-7-10-25-11-8-21/h2,4,6,12,14,16,19H,3,5,7-11,13H2,1H3,(H,20,22)/t14-,16-/m1/s1. The Morgan fingerprint density at radius 3 is 2.78 bits per heavy atom. The summed E-state index contributed by atoms with van der Waals surface area (Å²) >= 11 is 0. The van der Waals surface area contributed by atoms with Crippen molar-refractivity contribution in [2.45, 2.75) is 36.8 Å². The predicted octanol–water partition coefficient (Wildman–Crippen LogP) is 0.803. The smallest absolute Gasteiger partial charge is 0.243 e. The highest BCUT2D eigenvalue weighted by Crippen LogP contribution is 2.20. The highest BCUT2D eigenvalue weighted by molar-refractivity contribution is 7.89. The molecule has 0 bridgehead atoms. The highest BCUT2D eigenvalue weighted by atomic mass is 32.2. The maximum atomic E-state index is 12.7. The van der Waals surface area contributed by atoms with E-state index in [4.69, 9.17) is 9.47 Å². The van der Waals surface area contributed by atoms with Gasteiger partial charge in [-0.05, 0) is 38.0 Å². The number of carbonyl (C=O) groups is 1. The van der Waals surface area contributed by atoms with Gasteiger partial charge in [0.25, 0.3) is 0 Å². The van der Waals surface area contributed by atoms with Gasteiger partial charge >= 0.3 is 0 Å². The summed E-state index contributed by atoms with van der Waals surface area (Å²) in [7, 11) is -3.59. The van der Waals surface area contributed by atoms with E-state index < -0.39 is 16.1 Å². The molecule has 1 amide bonds. The van der Waals surface area contributed by atoms with Crippen molar-refractivity contribution in [3.8, 4) is 0 Å². The molecule has 1 aromatic rings. The van der Waals surface area contributed by atoms with Crippen LogP contribution in [-0.4, -0.2) is 70.2 Å². The first-order chi connectivity index (χ1) is 13.0. The zero-order valence-electron chi connectivity index (χ0n) is 15.5. The van der Waals surface area contributed by atoms with Crippen molar-refractivity contribution in [2.75, 3.05) is 44.8 Å². The molecule has 150 valence electrons. The fraction of sp³-hybridized carbons (Fsp3) is 0.611. The van der Waals surface area contributed by atoms with Crippen LogP contribution >= 0.6 is 0 Å². The van der Waals surface area contributed by atoms with Crippen molar-refractivity contribution in [2.24, 2.45) is 0 Å². The average Bonchev–Trinajstić information content (AvgIpc) is 3.20. The second-order valence-electron chi connectivity index (χ2n) is 6.80. The summed E-state index contributed by atoms with van der Waals surface area (Å²) in [6, 6.07) is 5.94. The van der Waals surface area contributed by atoms with E-state index in [0.717, 1.165) is 19.4 Å². The summed E-state index contributed by atoms with van der Waals surface area (Å²) in [5.41, 5.74) is 0.458. The minimum Gasteiger partial charge on any atom is -0.379 e. The topological polar surface area (TPSA) is 97.0 Å². The van der Waals surface area contributed by atoms with Gasteiger partial charge in [0.2, 0.25) is 15.9 Å². The molecule has 2 atom stereocenters. The number of hydrogen-bond donors (Lipinski definition) is 2. The number of amides is 1. The number of nitrogens with zero attached hydrogens (tertiary/aromatic N) is 1. The molecule has 0 spiro atoms. The second kappa shape index (κ2) is 9.11. The van der Waals surface area contributed by atoms with Crippen molar-refractivity contribution >= 4 is 21.6 Å². The molecule has 9 heteroatoms. The van der Waals surface area contributed by atoms with Crippen LogP contribution in [0.2, 0.25) is 0 Å².